The van der Waals surface area contributed by atoms with Gasteiger partial charge >= 0.3 is 0 Å². The van der Waals surface area contributed by atoms with Crippen LogP contribution in [0.3, 0.4) is 0 Å². The Labute approximate surface area is 183 Å². The number of aliphatic hydroxyl groups excluding tert-OH is 2. The van der Waals surface area contributed by atoms with Crippen LogP contribution in [0.1, 0.15) is 31.7 Å². The summed E-state index contributed by atoms with van der Waals surface area (Å²) in [4.78, 5) is 6.17. The summed E-state index contributed by atoms with van der Waals surface area (Å²) >= 11 is 0. The van der Waals surface area contributed by atoms with Crippen LogP contribution in [-0.2, 0) is 6.42 Å². The molecular weight excluding hydrogens is 396 g/mol. The highest BCUT2D eigenvalue weighted by Gasteiger charge is 2.35. The van der Waals surface area contributed by atoms with E-state index in [0.29, 0.717) is 41.4 Å². The van der Waals surface area contributed by atoms with Crippen LogP contribution in [0.4, 0.5) is 5.69 Å². The highest BCUT2D eigenvalue weighted by Crippen LogP contribution is 2.42. The van der Waals surface area contributed by atoms with Crippen molar-refractivity contribution in [3.63, 3.8) is 0 Å². The summed E-state index contributed by atoms with van der Waals surface area (Å²) in [6.45, 7) is 2.08. The standard InChI is InChI=1S/C24H30N2O5/c1-5-6-10-21-25-23(27)18(15-16-11-13-17(29-2)14-12-16)24(28)26(21)22-19(30-3)8-7-9-20(22)31-4/h7-9,11-14,24,27-28H,5-6,10,15H2,1-4H3. The molecular formula is C24H30N2O5. The van der Waals surface area contributed by atoms with E-state index in [4.69, 9.17) is 14.2 Å². The SMILES string of the molecule is CCCCC1=NC(O)=C(Cc2ccc(OC)cc2)C(O)N1c1c(OC)cccc1OC. The topological polar surface area (TPSA) is 83.8 Å². The van der Waals surface area contributed by atoms with Crippen molar-refractivity contribution in [3.8, 4) is 17.2 Å². The summed E-state index contributed by atoms with van der Waals surface area (Å²) in [5.74, 6) is 2.25. The summed E-state index contributed by atoms with van der Waals surface area (Å²) < 4.78 is 16.3. The van der Waals surface area contributed by atoms with E-state index in [9.17, 15) is 10.2 Å². The normalized spacial score (nSPS) is 16.2. The fourth-order valence-corrected chi connectivity index (χ4v) is 3.63. The third kappa shape index (κ3) is 4.77. The minimum Gasteiger partial charge on any atom is -0.497 e. The number of rotatable bonds is 9. The lowest BCUT2D eigenvalue weighted by molar-refractivity contribution is 0.201. The molecule has 7 nitrogen and oxygen atoms in total. The summed E-state index contributed by atoms with van der Waals surface area (Å²) in [5, 5.41) is 22.1. The van der Waals surface area contributed by atoms with Crippen molar-refractivity contribution in [2.24, 2.45) is 4.99 Å². The molecule has 3 rings (SSSR count). The Morgan fingerprint density at radius 1 is 0.968 bits per heavy atom. The molecule has 0 spiro atoms. The maximum absolute atomic E-state index is 11.4. The van der Waals surface area contributed by atoms with Crippen molar-refractivity contribution < 1.29 is 24.4 Å². The minimum absolute atomic E-state index is 0.153. The molecule has 2 aromatic carbocycles. The van der Waals surface area contributed by atoms with Crippen molar-refractivity contribution in [2.75, 3.05) is 26.2 Å². The molecule has 0 bridgehead atoms. The molecule has 0 fully saturated rings. The number of unbranched alkanes of at least 4 members (excludes halogenated alkanes) is 1. The molecule has 0 amide bonds. The molecule has 2 N–H and O–H groups in total. The zero-order valence-electron chi connectivity index (χ0n) is 18.5. The van der Waals surface area contributed by atoms with Gasteiger partial charge in [-0.1, -0.05) is 31.5 Å². The smallest absolute Gasteiger partial charge is 0.216 e. The van der Waals surface area contributed by atoms with Gasteiger partial charge in [0.25, 0.3) is 0 Å². The monoisotopic (exact) mass is 426 g/mol. The van der Waals surface area contributed by atoms with Crippen LogP contribution >= 0.6 is 0 Å². The number of aliphatic imine (C=N–C) groups is 1. The second kappa shape index (κ2) is 10.2. The number of anilines is 1. The number of para-hydroxylation sites is 1. The summed E-state index contributed by atoms with van der Waals surface area (Å²) in [5.41, 5.74) is 1.90. The van der Waals surface area contributed by atoms with Gasteiger partial charge in [-0.3, -0.25) is 4.90 Å². The molecule has 1 heterocycles. The maximum atomic E-state index is 11.4. The zero-order chi connectivity index (χ0) is 22.4. The van der Waals surface area contributed by atoms with Gasteiger partial charge in [-0.25, -0.2) is 4.99 Å². The van der Waals surface area contributed by atoms with E-state index >= 15 is 0 Å². The minimum atomic E-state index is -1.13. The number of hydrogen-bond donors (Lipinski definition) is 2. The van der Waals surface area contributed by atoms with Crippen LogP contribution in [0, 0.1) is 0 Å². The van der Waals surface area contributed by atoms with Gasteiger partial charge < -0.3 is 24.4 Å². The zero-order valence-corrected chi connectivity index (χ0v) is 18.5. The van der Waals surface area contributed by atoms with Crippen molar-refractivity contribution in [2.45, 2.75) is 38.8 Å². The van der Waals surface area contributed by atoms with Crippen LogP contribution in [0.15, 0.2) is 58.9 Å². The fraction of sp³-hybridized carbons (Fsp3) is 0.375. The first kappa shape index (κ1) is 22.5. The Kier molecular flexibility index (Phi) is 7.41. The molecule has 7 heteroatoms. The molecule has 1 aliphatic heterocycles. The van der Waals surface area contributed by atoms with Gasteiger partial charge in [-0.15, -0.1) is 0 Å². The average Bonchev–Trinajstić information content (AvgIpc) is 2.80. The lowest BCUT2D eigenvalue weighted by Crippen LogP contribution is -2.45. The molecule has 31 heavy (non-hydrogen) atoms. The van der Waals surface area contributed by atoms with E-state index in [2.05, 4.69) is 11.9 Å². The van der Waals surface area contributed by atoms with E-state index < -0.39 is 6.23 Å². The summed E-state index contributed by atoms with van der Waals surface area (Å²) in [6.07, 6.45) is 1.61. The number of benzene rings is 2. The number of amidine groups is 1. The first-order valence-corrected chi connectivity index (χ1v) is 10.3. The largest absolute Gasteiger partial charge is 0.497 e. The molecule has 0 aromatic heterocycles. The van der Waals surface area contributed by atoms with Gasteiger partial charge in [0.1, 0.15) is 28.8 Å². The van der Waals surface area contributed by atoms with E-state index in [-0.39, 0.29) is 5.88 Å². The van der Waals surface area contributed by atoms with Crippen molar-refractivity contribution >= 4 is 11.5 Å². The molecule has 1 aliphatic rings. The van der Waals surface area contributed by atoms with Crippen LogP contribution < -0.4 is 19.1 Å². The molecule has 2 aromatic rings. The van der Waals surface area contributed by atoms with E-state index in [0.717, 1.165) is 24.2 Å². The van der Waals surface area contributed by atoms with E-state index in [1.165, 1.54) is 0 Å². The second-order valence-corrected chi connectivity index (χ2v) is 7.26. The molecule has 166 valence electrons. The summed E-state index contributed by atoms with van der Waals surface area (Å²) in [6, 6.07) is 12.9. The number of nitrogens with zero attached hydrogens (tertiary/aromatic N) is 2. The quantitative estimate of drug-likeness (QED) is 0.616. The van der Waals surface area contributed by atoms with Gasteiger partial charge in [0.2, 0.25) is 5.88 Å². The Hall–Kier alpha value is -3.19. The Morgan fingerprint density at radius 3 is 2.16 bits per heavy atom. The molecule has 0 saturated carbocycles. The third-order valence-electron chi connectivity index (χ3n) is 5.31. The van der Waals surface area contributed by atoms with Gasteiger partial charge in [-0.2, -0.15) is 0 Å². The van der Waals surface area contributed by atoms with E-state index in [1.54, 1.807) is 26.2 Å². The van der Waals surface area contributed by atoms with Gasteiger partial charge in [0.05, 0.1) is 21.3 Å². The van der Waals surface area contributed by atoms with Crippen LogP contribution in [0.5, 0.6) is 17.2 Å². The predicted octanol–water partition coefficient (Wildman–Crippen LogP) is 4.45. The van der Waals surface area contributed by atoms with Gasteiger partial charge in [-0.05, 0) is 36.2 Å². The van der Waals surface area contributed by atoms with Crippen molar-refractivity contribution in [1.29, 1.82) is 0 Å². The summed E-state index contributed by atoms with van der Waals surface area (Å²) in [7, 11) is 4.76. The van der Waals surface area contributed by atoms with Crippen molar-refractivity contribution in [1.82, 2.24) is 0 Å². The highest BCUT2D eigenvalue weighted by molar-refractivity contribution is 6.02. The molecule has 1 unspecified atom stereocenters. The average molecular weight is 427 g/mol. The lowest BCUT2D eigenvalue weighted by atomic mass is 10.0. The van der Waals surface area contributed by atoms with E-state index in [1.807, 2.05) is 42.5 Å². The van der Waals surface area contributed by atoms with Crippen LogP contribution in [0.25, 0.3) is 0 Å². The molecule has 1 atom stereocenters. The first-order chi connectivity index (χ1) is 15.0. The van der Waals surface area contributed by atoms with Crippen molar-refractivity contribution in [3.05, 3.63) is 59.5 Å². The number of hydrogen-bond acceptors (Lipinski definition) is 7. The Bertz CT molecular complexity index is 931. The number of aliphatic hydroxyl groups is 2. The molecule has 0 saturated heterocycles. The lowest BCUT2D eigenvalue weighted by Gasteiger charge is -2.36. The molecule has 0 radical (unpaired) electrons. The fourth-order valence-electron chi connectivity index (χ4n) is 3.63. The Morgan fingerprint density at radius 2 is 1.61 bits per heavy atom. The van der Waals surface area contributed by atoms with Gasteiger partial charge in [0.15, 0.2) is 6.23 Å². The Balaban J connectivity index is 2.06. The third-order valence-corrected chi connectivity index (χ3v) is 5.31. The highest BCUT2D eigenvalue weighted by atomic mass is 16.5. The number of ether oxygens (including phenoxy) is 3. The first-order valence-electron chi connectivity index (χ1n) is 10.3. The van der Waals surface area contributed by atoms with Crippen LogP contribution in [0.2, 0.25) is 0 Å². The predicted molar refractivity (Wildman–Crippen MR) is 121 cm³/mol. The number of methoxy groups -OCH3 is 3. The van der Waals surface area contributed by atoms with Gasteiger partial charge in [0, 0.05) is 18.4 Å². The maximum Gasteiger partial charge on any atom is 0.216 e. The molecule has 0 aliphatic carbocycles. The second-order valence-electron chi connectivity index (χ2n) is 7.26. The van der Waals surface area contributed by atoms with Crippen LogP contribution in [-0.4, -0.2) is 43.6 Å².